The van der Waals surface area contributed by atoms with Gasteiger partial charge in [0.2, 0.25) is 0 Å². The molecule has 4 heteroatoms. The molecule has 0 fully saturated rings. The normalized spacial score (nSPS) is 13.5. The van der Waals surface area contributed by atoms with Crippen LogP contribution < -0.4 is 9.80 Å². The van der Waals surface area contributed by atoms with Gasteiger partial charge in [-0.15, -0.1) is 0 Å². The van der Waals surface area contributed by atoms with Crippen LogP contribution in [0.3, 0.4) is 0 Å². The van der Waals surface area contributed by atoms with Crippen molar-refractivity contribution in [1.29, 1.82) is 10.5 Å². The van der Waals surface area contributed by atoms with Gasteiger partial charge in [-0.05, 0) is 145 Å². The van der Waals surface area contributed by atoms with Gasteiger partial charge in [-0.25, -0.2) is 0 Å². The van der Waals surface area contributed by atoms with Gasteiger partial charge in [-0.2, -0.15) is 10.5 Å². The third kappa shape index (κ3) is 7.48. The zero-order chi connectivity index (χ0) is 54.9. The second-order valence-corrected chi connectivity index (χ2v) is 21.8. The first-order valence-electron chi connectivity index (χ1n) is 27.5. The lowest BCUT2D eigenvalue weighted by molar-refractivity contribution is 0.727. The number of fused-ring (bicyclic) bond motifs is 4. The van der Waals surface area contributed by atoms with Crippen LogP contribution in [0.25, 0.3) is 22.3 Å². The molecule has 4 nitrogen and oxygen atoms in total. The maximum absolute atomic E-state index is 11.2. The predicted octanol–water partition coefficient (Wildman–Crippen LogP) is 18.9. The second kappa shape index (κ2) is 19.5. The molecule has 2 aliphatic rings. The Labute approximate surface area is 470 Å². The van der Waals surface area contributed by atoms with Crippen molar-refractivity contribution >= 4 is 34.1 Å². The number of benzene rings is 11. The lowest BCUT2D eigenvalue weighted by Gasteiger charge is -2.49. The SMILES string of the molecule is Cc1ccc2c(c1)C(c1ccccc1)(c1ccccc1)c1cc(C)ccc1N2c1cc(-c2cccc(C)c2C#N)c(-c2cccc(C)c2C#N)cc1N1c2ccc(C)cc2C(c2ccccc2)(c2ccccc2)c2cc(C)ccc21. The van der Waals surface area contributed by atoms with E-state index < -0.39 is 10.8 Å². The molecule has 0 N–H and O–H groups in total. The Morgan fingerprint density at radius 2 is 0.550 bits per heavy atom. The number of anilines is 6. The van der Waals surface area contributed by atoms with E-state index >= 15 is 0 Å². The number of hydrogen-bond acceptors (Lipinski definition) is 4. The van der Waals surface area contributed by atoms with Crippen LogP contribution in [0.15, 0.2) is 243 Å². The van der Waals surface area contributed by atoms with Crippen LogP contribution in [-0.2, 0) is 10.8 Å². The summed E-state index contributed by atoms with van der Waals surface area (Å²) in [5, 5.41) is 22.4. The molecular formula is C76H58N4. The Bertz CT molecular complexity index is 3860. The molecule has 13 rings (SSSR count). The van der Waals surface area contributed by atoms with Gasteiger partial charge in [0, 0.05) is 11.1 Å². The smallest absolute Gasteiger partial charge is 0.100 e. The number of nitriles is 2. The van der Waals surface area contributed by atoms with Gasteiger partial charge < -0.3 is 9.80 Å². The molecule has 11 aromatic carbocycles. The lowest BCUT2D eigenvalue weighted by atomic mass is 9.61. The van der Waals surface area contributed by atoms with E-state index in [-0.39, 0.29) is 0 Å². The highest BCUT2D eigenvalue weighted by molar-refractivity contribution is 6.04. The molecule has 382 valence electrons. The fourth-order valence-electron chi connectivity index (χ4n) is 13.4. The maximum Gasteiger partial charge on any atom is 0.100 e. The summed E-state index contributed by atoms with van der Waals surface area (Å²) in [7, 11) is 0. The van der Waals surface area contributed by atoms with E-state index in [1.807, 2.05) is 38.1 Å². The molecule has 2 heterocycles. The Morgan fingerprint density at radius 1 is 0.275 bits per heavy atom. The quantitative estimate of drug-likeness (QED) is 0.152. The Morgan fingerprint density at radius 3 is 0.812 bits per heavy atom. The van der Waals surface area contributed by atoms with E-state index in [0.29, 0.717) is 11.1 Å². The summed E-state index contributed by atoms with van der Waals surface area (Å²) < 4.78 is 0. The lowest BCUT2D eigenvalue weighted by Crippen LogP contribution is -2.39. The van der Waals surface area contributed by atoms with Gasteiger partial charge in [0.25, 0.3) is 0 Å². The molecular weight excluding hydrogens is 969 g/mol. The Hall–Kier alpha value is -10.0. The first-order valence-corrected chi connectivity index (χ1v) is 27.5. The van der Waals surface area contributed by atoms with E-state index in [1.54, 1.807) is 0 Å². The standard InChI is InChI=1S/C76H58N4/c1-49-33-37-69-65(41-49)75(55-23-11-7-12-24-55,56-25-13-8-14-26-56)66-42-50(2)34-38-70(66)79(69)73-45-61(59-31-19-21-53(5)63(59)47-77)62(60-32-20-22-54(6)64(60)48-78)46-74(73)80-71-39-35-51(3)43-67(71)76(57-27-15-9-16-28-57,58-29-17-10-18-30-58)68-44-52(4)36-40-72(68)80/h7-46H,1-6H3. The van der Waals surface area contributed by atoms with Gasteiger partial charge in [0.15, 0.2) is 0 Å². The minimum Gasteiger partial charge on any atom is -0.308 e. The van der Waals surface area contributed by atoms with E-state index in [4.69, 9.17) is 0 Å². The molecule has 0 saturated heterocycles. The average molecular weight is 1030 g/mol. The van der Waals surface area contributed by atoms with Crippen LogP contribution in [0.5, 0.6) is 0 Å². The van der Waals surface area contributed by atoms with Crippen LogP contribution in [-0.4, -0.2) is 0 Å². The molecule has 0 saturated carbocycles. The van der Waals surface area contributed by atoms with Crippen molar-refractivity contribution < 1.29 is 0 Å². The maximum atomic E-state index is 11.2. The predicted molar refractivity (Wildman–Crippen MR) is 328 cm³/mol. The van der Waals surface area contributed by atoms with Crippen molar-refractivity contribution in [1.82, 2.24) is 0 Å². The Balaban J connectivity index is 1.24. The van der Waals surface area contributed by atoms with Crippen LogP contribution in [0.4, 0.5) is 34.1 Å². The fraction of sp³-hybridized carbons (Fsp3) is 0.105. The number of aryl methyl sites for hydroxylation is 6. The van der Waals surface area contributed by atoms with Crippen LogP contribution >= 0.6 is 0 Å². The van der Waals surface area contributed by atoms with Gasteiger partial charge >= 0.3 is 0 Å². The van der Waals surface area contributed by atoms with Gasteiger partial charge in [-0.1, -0.05) is 229 Å². The number of nitrogens with zero attached hydrogens (tertiary/aromatic N) is 4. The third-order valence-corrected chi connectivity index (χ3v) is 17.0. The molecule has 0 amide bonds. The molecule has 80 heavy (non-hydrogen) atoms. The van der Waals surface area contributed by atoms with E-state index in [0.717, 1.165) is 112 Å². The number of hydrogen-bond donors (Lipinski definition) is 0. The molecule has 0 bridgehead atoms. The van der Waals surface area contributed by atoms with Crippen molar-refractivity contribution in [2.24, 2.45) is 0 Å². The van der Waals surface area contributed by atoms with Gasteiger partial charge in [-0.3, -0.25) is 0 Å². The van der Waals surface area contributed by atoms with Gasteiger partial charge in [0.05, 0.1) is 56.1 Å². The summed E-state index contributed by atoms with van der Waals surface area (Å²) in [5.74, 6) is 0. The van der Waals surface area contributed by atoms with Crippen LogP contribution in [0.2, 0.25) is 0 Å². The van der Waals surface area contributed by atoms with Crippen molar-refractivity contribution in [3.63, 3.8) is 0 Å². The second-order valence-electron chi connectivity index (χ2n) is 21.8. The summed E-state index contributed by atoms with van der Waals surface area (Å²) in [4.78, 5) is 5.00. The largest absolute Gasteiger partial charge is 0.308 e. The summed E-state index contributed by atoms with van der Waals surface area (Å²) in [5.41, 5.74) is 24.6. The van der Waals surface area contributed by atoms with Crippen LogP contribution in [0, 0.1) is 64.2 Å². The average Bonchev–Trinajstić information content (AvgIpc) is 3.68. The summed E-state index contributed by atoms with van der Waals surface area (Å²) in [6.07, 6.45) is 0. The molecule has 0 spiro atoms. The van der Waals surface area contributed by atoms with E-state index in [9.17, 15) is 10.5 Å². The highest BCUT2D eigenvalue weighted by Gasteiger charge is 2.50. The first kappa shape index (κ1) is 49.6. The molecule has 2 aliphatic heterocycles. The van der Waals surface area contributed by atoms with Crippen molar-refractivity contribution in [3.8, 4) is 34.4 Å². The molecule has 11 aromatic rings. The van der Waals surface area contributed by atoms with Crippen LogP contribution in [0.1, 0.15) is 89.0 Å². The topological polar surface area (TPSA) is 54.1 Å². The minimum atomic E-state index is -0.733. The third-order valence-electron chi connectivity index (χ3n) is 17.0. The summed E-state index contributed by atoms with van der Waals surface area (Å²) in [6.45, 7) is 12.8. The molecule has 0 aliphatic carbocycles. The minimum absolute atomic E-state index is 0.589. The molecule has 0 unspecified atom stereocenters. The van der Waals surface area contributed by atoms with E-state index in [2.05, 4.69) is 268 Å². The van der Waals surface area contributed by atoms with Crippen molar-refractivity contribution in [3.05, 3.63) is 332 Å². The summed E-state index contributed by atoms with van der Waals surface area (Å²) in [6, 6.07) is 94.0. The number of rotatable bonds is 8. The molecule has 0 aromatic heterocycles. The summed E-state index contributed by atoms with van der Waals surface area (Å²) >= 11 is 0. The zero-order valence-corrected chi connectivity index (χ0v) is 45.9. The van der Waals surface area contributed by atoms with Crippen molar-refractivity contribution in [2.75, 3.05) is 9.80 Å². The Kier molecular flexibility index (Phi) is 12.1. The highest BCUT2D eigenvalue weighted by atomic mass is 15.2. The molecule has 0 radical (unpaired) electrons. The fourth-order valence-corrected chi connectivity index (χ4v) is 13.4. The monoisotopic (exact) mass is 1030 g/mol. The first-order chi connectivity index (χ1) is 39.1. The van der Waals surface area contributed by atoms with E-state index in [1.165, 1.54) is 22.3 Å². The highest BCUT2D eigenvalue weighted by Crippen LogP contribution is 2.64. The van der Waals surface area contributed by atoms with Crippen molar-refractivity contribution in [2.45, 2.75) is 52.4 Å². The molecule has 0 atom stereocenters. The zero-order valence-electron chi connectivity index (χ0n) is 45.9. The van der Waals surface area contributed by atoms with Gasteiger partial charge in [0.1, 0.15) is 12.1 Å².